The van der Waals surface area contributed by atoms with Crippen LogP contribution in [0.3, 0.4) is 0 Å². The molecule has 0 spiro atoms. The van der Waals surface area contributed by atoms with Gasteiger partial charge in [0.05, 0.1) is 4.92 Å². The molecule has 0 unspecified atom stereocenters. The van der Waals surface area contributed by atoms with Gasteiger partial charge in [-0.05, 0) is 36.2 Å². The van der Waals surface area contributed by atoms with Gasteiger partial charge in [-0.15, -0.1) is 0 Å². The van der Waals surface area contributed by atoms with E-state index < -0.39 is 4.92 Å². The minimum absolute atomic E-state index is 0.0430. The van der Waals surface area contributed by atoms with Crippen molar-refractivity contribution in [3.63, 3.8) is 0 Å². The normalized spacial score (nSPS) is 10.2. The molecule has 0 saturated heterocycles. The largest absolute Gasteiger partial charge is 0.379 e. The lowest BCUT2D eigenvalue weighted by Crippen LogP contribution is -2.08. The van der Waals surface area contributed by atoms with Crippen molar-refractivity contribution in [1.82, 2.24) is 0 Å². The molecule has 1 amide bonds. The molecule has 0 bridgehead atoms. The SMILES string of the molecule is CC(=O)Nc1ccc(CCNc2ccc(Cl)cc2[N+](=O)[O-])cc1. The van der Waals surface area contributed by atoms with Gasteiger partial charge in [-0.3, -0.25) is 14.9 Å². The van der Waals surface area contributed by atoms with E-state index in [1.165, 1.54) is 13.0 Å². The predicted molar refractivity (Wildman–Crippen MR) is 91.0 cm³/mol. The summed E-state index contributed by atoms with van der Waals surface area (Å²) in [5, 5.41) is 17.1. The van der Waals surface area contributed by atoms with Crippen molar-refractivity contribution in [3.8, 4) is 0 Å². The van der Waals surface area contributed by atoms with Gasteiger partial charge in [-0.2, -0.15) is 0 Å². The van der Waals surface area contributed by atoms with Crippen LogP contribution in [0.2, 0.25) is 5.02 Å². The summed E-state index contributed by atoms with van der Waals surface area (Å²) >= 11 is 5.78. The highest BCUT2D eigenvalue weighted by Crippen LogP contribution is 2.27. The van der Waals surface area contributed by atoms with Crippen molar-refractivity contribution in [2.45, 2.75) is 13.3 Å². The summed E-state index contributed by atoms with van der Waals surface area (Å²) in [6, 6.07) is 12.0. The number of carbonyl (C=O) groups is 1. The summed E-state index contributed by atoms with van der Waals surface area (Å²) in [7, 11) is 0. The second kappa shape index (κ2) is 7.60. The molecule has 0 aliphatic heterocycles. The summed E-state index contributed by atoms with van der Waals surface area (Å²) in [4.78, 5) is 21.5. The van der Waals surface area contributed by atoms with Crippen LogP contribution < -0.4 is 10.6 Å². The Morgan fingerprint density at radius 2 is 1.91 bits per heavy atom. The lowest BCUT2D eigenvalue weighted by Gasteiger charge is -2.08. The fraction of sp³-hybridized carbons (Fsp3) is 0.188. The molecule has 0 radical (unpaired) electrons. The summed E-state index contributed by atoms with van der Waals surface area (Å²) in [5.41, 5.74) is 2.19. The second-order valence-electron chi connectivity index (χ2n) is 4.97. The summed E-state index contributed by atoms with van der Waals surface area (Å²) < 4.78 is 0. The topological polar surface area (TPSA) is 84.3 Å². The number of amides is 1. The average Bonchev–Trinajstić information content (AvgIpc) is 2.49. The van der Waals surface area contributed by atoms with E-state index in [4.69, 9.17) is 11.6 Å². The first kappa shape index (κ1) is 16.8. The number of nitro groups is 1. The van der Waals surface area contributed by atoms with Gasteiger partial charge in [-0.1, -0.05) is 23.7 Å². The van der Waals surface area contributed by atoms with Crippen LogP contribution in [0.15, 0.2) is 42.5 Å². The smallest absolute Gasteiger partial charge is 0.293 e. The van der Waals surface area contributed by atoms with Crippen LogP contribution in [0.25, 0.3) is 0 Å². The number of anilines is 2. The lowest BCUT2D eigenvalue weighted by molar-refractivity contribution is -0.383. The fourth-order valence-electron chi connectivity index (χ4n) is 2.10. The van der Waals surface area contributed by atoms with Gasteiger partial charge < -0.3 is 10.6 Å². The number of nitrogens with one attached hydrogen (secondary N) is 2. The van der Waals surface area contributed by atoms with Crippen molar-refractivity contribution in [1.29, 1.82) is 0 Å². The Morgan fingerprint density at radius 1 is 1.22 bits per heavy atom. The molecule has 0 aliphatic carbocycles. The third-order valence-corrected chi connectivity index (χ3v) is 3.40. The number of halogens is 1. The second-order valence-corrected chi connectivity index (χ2v) is 5.41. The van der Waals surface area contributed by atoms with Crippen molar-refractivity contribution >= 4 is 34.6 Å². The molecule has 0 saturated carbocycles. The highest BCUT2D eigenvalue weighted by atomic mass is 35.5. The maximum Gasteiger partial charge on any atom is 0.293 e. The van der Waals surface area contributed by atoms with Crippen LogP contribution in [0.1, 0.15) is 12.5 Å². The van der Waals surface area contributed by atoms with Crippen molar-refractivity contribution < 1.29 is 9.72 Å². The van der Waals surface area contributed by atoms with E-state index in [2.05, 4.69) is 10.6 Å². The molecule has 2 N–H and O–H groups in total. The number of benzene rings is 2. The van der Waals surface area contributed by atoms with Crippen LogP contribution in [0.5, 0.6) is 0 Å². The van der Waals surface area contributed by atoms with Crippen LogP contribution in [0, 0.1) is 10.1 Å². The molecule has 2 aromatic carbocycles. The van der Waals surface area contributed by atoms with Crippen molar-refractivity contribution in [2.75, 3.05) is 17.2 Å². The van der Waals surface area contributed by atoms with E-state index >= 15 is 0 Å². The van der Waals surface area contributed by atoms with Crippen LogP contribution in [-0.4, -0.2) is 17.4 Å². The molecule has 7 heteroatoms. The molecule has 2 aromatic rings. The van der Waals surface area contributed by atoms with E-state index in [-0.39, 0.29) is 11.6 Å². The van der Waals surface area contributed by atoms with E-state index in [9.17, 15) is 14.9 Å². The number of hydrogen-bond donors (Lipinski definition) is 2. The molecule has 6 nitrogen and oxygen atoms in total. The standard InChI is InChI=1S/C16H16ClN3O3/c1-11(21)19-14-5-2-12(3-6-14)8-9-18-15-7-4-13(17)10-16(15)20(22)23/h2-7,10,18H,8-9H2,1H3,(H,19,21). The minimum atomic E-state index is -0.462. The van der Waals surface area contributed by atoms with E-state index in [1.54, 1.807) is 12.1 Å². The van der Waals surface area contributed by atoms with E-state index in [1.807, 2.05) is 24.3 Å². The highest BCUT2D eigenvalue weighted by Gasteiger charge is 2.13. The Hall–Kier alpha value is -2.60. The maximum absolute atomic E-state index is 11.0. The Labute approximate surface area is 138 Å². The third-order valence-electron chi connectivity index (χ3n) is 3.16. The average molecular weight is 334 g/mol. The number of nitro benzene ring substituents is 1. The van der Waals surface area contributed by atoms with Gasteiger partial charge in [0.15, 0.2) is 0 Å². The predicted octanol–water partition coefficient (Wildman–Crippen LogP) is 3.86. The Bertz CT molecular complexity index is 717. The van der Waals surface area contributed by atoms with Gasteiger partial charge in [0.25, 0.3) is 5.69 Å². The van der Waals surface area contributed by atoms with Gasteiger partial charge >= 0.3 is 0 Å². The summed E-state index contributed by atoms with van der Waals surface area (Å²) in [6.07, 6.45) is 0.695. The Kier molecular flexibility index (Phi) is 5.54. The number of rotatable bonds is 6. The van der Waals surface area contributed by atoms with Gasteiger partial charge in [0, 0.05) is 30.2 Å². The summed E-state index contributed by atoms with van der Waals surface area (Å²) in [6.45, 7) is 2.00. The molecule has 120 valence electrons. The first-order chi connectivity index (χ1) is 11.0. The van der Waals surface area contributed by atoms with E-state index in [0.29, 0.717) is 23.7 Å². The van der Waals surface area contributed by atoms with Crippen LogP contribution >= 0.6 is 11.6 Å². The fourth-order valence-corrected chi connectivity index (χ4v) is 2.27. The number of hydrogen-bond acceptors (Lipinski definition) is 4. The molecule has 0 aliphatic rings. The minimum Gasteiger partial charge on any atom is -0.379 e. The first-order valence-electron chi connectivity index (χ1n) is 7.00. The molecular weight excluding hydrogens is 318 g/mol. The maximum atomic E-state index is 11.0. The molecular formula is C16H16ClN3O3. The van der Waals surface area contributed by atoms with Gasteiger partial charge in [0.2, 0.25) is 5.91 Å². The highest BCUT2D eigenvalue weighted by molar-refractivity contribution is 6.30. The zero-order valence-electron chi connectivity index (χ0n) is 12.5. The first-order valence-corrected chi connectivity index (χ1v) is 7.38. The molecule has 0 fully saturated rings. The third kappa shape index (κ3) is 4.96. The molecule has 0 aromatic heterocycles. The van der Waals surface area contributed by atoms with Crippen LogP contribution in [-0.2, 0) is 11.2 Å². The zero-order valence-corrected chi connectivity index (χ0v) is 13.3. The molecule has 2 rings (SSSR count). The van der Waals surface area contributed by atoms with E-state index in [0.717, 1.165) is 11.3 Å². The molecule has 23 heavy (non-hydrogen) atoms. The quantitative estimate of drug-likeness (QED) is 0.621. The zero-order chi connectivity index (χ0) is 16.8. The number of carbonyl (C=O) groups excluding carboxylic acids is 1. The van der Waals surface area contributed by atoms with Gasteiger partial charge in [-0.25, -0.2) is 0 Å². The monoisotopic (exact) mass is 333 g/mol. The Morgan fingerprint density at radius 3 is 2.52 bits per heavy atom. The Balaban J connectivity index is 1.95. The van der Waals surface area contributed by atoms with Crippen molar-refractivity contribution in [3.05, 3.63) is 63.2 Å². The molecule has 0 atom stereocenters. The number of nitrogens with zero attached hydrogens (tertiary/aromatic N) is 1. The lowest BCUT2D eigenvalue weighted by atomic mass is 10.1. The molecule has 0 heterocycles. The van der Waals surface area contributed by atoms with Crippen molar-refractivity contribution in [2.24, 2.45) is 0 Å². The summed E-state index contributed by atoms with van der Waals surface area (Å²) in [5.74, 6) is -0.116. The van der Waals surface area contributed by atoms with Crippen LogP contribution in [0.4, 0.5) is 17.1 Å². The van der Waals surface area contributed by atoms with Gasteiger partial charge in [0.1, 0.15) is 5.69 Å².